The number of hydrogen-bond acceptors (Lipinski definition) is 3. The first-order chi connectivity index (χ1) is 9.47. The van der Waals surface area contributed by atoms with E-state index >= 15 is 0 Å². The Labute approximate surface area is 119 Å². The van der Waals surface area contributed by atoms with Gasteiger partial charge in [0.05, 0.1) is 0 Å². The minimum Gasteiger partial charge on any atom is -0.477 e. The van der Waals surface area contributed by atoms with Crippen molar-refractivity contribution in [1.82, 2.24) is 10.2 Å². The van der Waals surface area contributed by atoms with E-state index in [1.807, 2.05) is 0 Å². The zero-order valence-electron chi connectivity index (χ0n) is 12.6. The highest BCUT2D eigenvalue weighted by atomic mass is 19.1. The van der Waals surface area contributed by atoms with Gasteiger partial charge in [-0.2, -0.15) is 0 Å². The SMILES string of the molecule is CCCNCc1cccc(F)c1OC(C)C(=O)N(C)C. The first kappa shape index (κ1) is 16.4. The third kappa shape index (κ3) is 4.49. The van der Waals surface area contributed by atoms with Crippen LogP contribution >= 0.6 is 0 Å². The van der Waals surface area contributed by atoms with Crippen molar-refractivity contribution in [3.8, 4) is 5.75 Å². The van der Waals surface area contributed by atoms with Gasteiger partial charge >= 0.3 is 0 Å². The smallest absolute Gasteiger partial charge is 0.262 e. The number of hydrogen-bond donors (Lipinski definition) is 1. The lowest BCUT2D eigenvalue weighted by Gasteiger charge is -2.20. The summed E-state index contributed by atoms with van der Waals surface area (Å²) < 4.78 is 19.4. The van der Waals surface area contributed by atoms with E-state index in [4.69, 9.17) is 4.74 Å². The minimum absolute atomic E-state index is 0.152. The molecule has 4 nitrogen and oxygen atoms in total. The number of rotatable bonds is 7. The number of amides is 1. The number of para-hydroxylation sites is 1. The van der Waals surface area contributed by atoms with Gasteiger partial charge in [-0.25, -0.2) is 4.39 Å². The molecule has 1 aromatic rings. The molecule has 1 rings (SSSR count). The lowest BCUT2D eigenvalue weighted by Crippen LogP contribution is -2.35. The Morgan fingerprint density at radius 3 is 2.75 bits per heavy atom. The summed E-state index contributed by atoms with van der Waals surface area (Å²) in [6.45, 7) is 5.05. The number of benzene rings is 1. The van der Waals surface area contributed by atoms with E-state index in [2.05, 4.69) is 12.2 Å². The predicted octanol–water partition coefficient (Wildman–Crippen LogP) is 2.18. The van der Waals surface area contributed by atoms with E-state index in [-0.39, 0.29) is 11.7 Å². The third-order valence-corrected chi connectivity index (χ3v) is 2.87. The van der Waals surface area contributed by atoms with E-state index in [1.54, 1.807) is 33.2 Å². The molecule has 0 aliphatic carbocycles. The molecule has 1 atom stereocenters. The summed E-state index contributed by atoms with van der Waals surface area (Å²) in [7, 11) is 3.29. The summed E-state index contributed by atoms with van der Waals surface area (Å²) in [4.78, 5) is 13.2. The summed E-state index contributed by atoms with van der Waals surface area (Å²) in [5.41, 5.74) is 0.719. The largest absolute Gasteiger partial charge is 0.477 e. The molecule has 1 unspecified atom stereocenters. The van der Waals surface area contributed by atoms with E-state index in [0.717, 1.165) is 18.5 Å². The maximum atomic E-state index is 13.9. The van der Waals surface area contributed by atoms with Crippen LogP contribution in [0.5, 0.6) is 5.75 Å². The van der Waals surface area contributed by atoms with Gasteiger partial charge in [0.25, 0.3) is 5.91 Å². The van der Waals surface area contributed by atoms with Gasteiger partial charge in [-0.15, -0.1) is 0 Å². The van der Waals surface area contributed by atoms with Crippen molar-refractivity contribution in [2.45, 2.75) is 32.9 Å². The average molecular weight is 282 g/mol. The molecule has 0 heterocycles. The molecule has 20 heavy (non-hydrogen) atoms. The summed E-state index contributed by atoms with van der Waals surface area (Å²) in [5, 5.41) is 3.20. The maximum Gasteiger partial charge on any atom is 0.262 e. The molecule has 1 amide bonds. The highest BCUT2D eigenvalue weighted by Gasteiger charge is 2.20. The van der Waals surface area contributed by atoms with Gasteiger partial charge in [0, 0.05) is 26.2 Å². The van der Waals surface area contributed by atoms with E-state index in [0.29, 0.717) is 6.54 Å². The van der Waals surface area contributed by atoms with Crippen LogP contribution in [0.1, 0.15) is 25.8 Å². The topological polar surface area (TPSA) is 41.6 Å². The summed E-state index contributed by atoms with van der Waals surface area (Å²) in [6.07, 6.45) is 0.285. The van der Waals surface area contributed by atoms with Crippen molar-refractivity contribution in [1.29, 1.82) is 0 Å². The average Bonchev–Trinajstić information content (AvgIpc) is 2.41. The van der Waals surface area contributed by atoms with Gasteiger partial charge in [0.2, 0.25) is 0 Å². The van der Waals surface area contributed by atoms with Crippen LogP contribution in [0.15, 0.2) is 18.2 Å². The number of carbonyl (C=O) groups is 1. The fourth-order valence-corrected chi connectivity index (χ4v) is 1.82. The number of ether oxygens (including phenoxy) is 1. The van der Waals surface area contributed by atoms with Gasteiger partial charge in [-0.05, 0) is 26.0 Å². The Bertz CT molecular complexity index is 449. The molecule has 0 spiro atoms. The van der Waals surface area contributed by atoms with Gasteiger partial charge in [-0.3, -0.25) is 4.79 Å². The zero-order chi connectivity index (χ0) is 15.1. The Morgan fingerprint density at radius 2 is 2.15 bits per heavy atom. The lowest BCUT2D eigenvalue weighted by atomic mass is 10.2. The molecule has 0 aromatic heterocycles. The van der Waals surface area contributed by atoms with Crippen molar-refractivity contribution in [3.63, 3.8) is 0 Å². The fraction of sp³-hybridized carbons (Fsp3) is 0.533. The highest BCUT2D eigenvalue weighted by Crippen LogP contribution is 2.24. The molecular weight excluding hydrogens is 259 g/mol. The molecule has 0 fully saturated rings. The van der Waals surface area contributed by atoms with Crippen LogP contribution in [0.2, 0.25) is 0 Å². The summed E-state index contributed by atoms with van der Waals surface area (Å²) >= 11 is 0. The normalized spacial score (nSPS) is 12.1. The minimum atomic E-state index is -0.716. The Morgan fingerprint density at radius 1 is 1.45 bits per heavy atom. The van der Waals surface area contributed by atoms with Crippen LogP contribution in [-0.2, 0) is 11.3 Å². The molecule has 112 valence electrons. The first-order valence-electron chi connectivity index (χ1n) is 6.83. The van der Waals surface area contributed by atoms with E-state index in [9.17, 15) is 9.18 Å². The second kappa shape index (κ2) is 7.85. The number of carbonyl (C=O) groups excluding carboxylic acids is 1. The number of likely N-dealkylation sites (N-methyl/N-ethyl adjacent to an activating group) is 1. The van der Waals surface area contributed by atoms with Crippen molar-refractivity contribution < 1.29 is 13.9 Å². The van der Waals surface area contributed by atoms with Crippen molar-refractivity contribution >= 4 is 5.91 Å². The third-order valence-electron chi connectivity index (χ3n) is 2.87. The highest BCUT2D eigenvalue weighted by molar-refractivity contribution is 5.80. The van der Waals surface area contributed by atoms with Gasteiger partial charge < -0.3 is 15.0 Å². The van der Waals surface area contributed by atoms with Crippen LogP contribution in [0.25, 0.3) is 0 Å². The molecule has 0 saturated carbocycles. The molecule has 5 heteroatoms. The molecule has 0 aliphatic rings. The Balaban J connectivity index is 2.84. The van der Waals surface area contributed by atoms with E-state index < -0.39 is 11.9 Å². The Kier molecular flexibility index (Phi) is 6.45. The van der Waals surface area contributed by atoms with E-state index in [1.165, 1.54) is 11.0 Å². The van der Waals surface area contributed by atoms with Gasteiger partial charge in [-0.1, -0.05) is 19.1 Å². The van der Waals surface area contributed by atoms with Crippen molar-refractivity contribution in [3.05, 3.63) is 29.6 Å². The van der Waals surface area contributed by atoms with Crippen LogP contribution in [-0.4, -0.2) is 37.6 Å². The molecule has 1 N–H and O–H groups in total. The van der Waals surface area contributed by atoms with Gasteiger partial charge in [0.15, 0.2) is 17.7 Å². The summed E-state index contributed by atoms with van der Waals surface area (Å²) in [5.74, 6) is -0.487. The molecule has 1 aromatic carbocycles. The standard InChI is InChI=1S/C15H23FN2O2/c1-5-9-17-10-12-7-6-8-13(16)14(12)20-11(2)15(19)18(3)4/h6-8,11,17H,5,9-10H2,1-4H3. The molecule has 0 bridgehead atoms. The lowest BCUT2D eigenvalue weighted by molar-refractivity contribution is -0.135. The molecule has 0 aliphatic heterocycles. The Hall–Kier alpha value is -1.62. The second-order valence-corrected chi connectivity index (χ2v) is 4.90. The number of nitrogens with zero attached hydrogens (tertiary/aromatic N) is 1. The quantitative estimate of drug-likeness (QED) is 0.779. The second-order valence-electron chi connectivity index (χ2n) is 4.90. The van der Waals surface area contributed by atoms with Gasteiger partial charge in [0.1, 0.15) is 0 Å². The van der Waals surface area contributed by atoms with Crippen LogP contribution in [0, 0.1) is 5.82 Å². The zero-order valence-corrected chi connectivity index (χ0v) is 12.6. The molecule has 0 saturated heterocycles. The molecule has 0 radical (unpaired) electrons. The number of halogens is 1. The van der Waals surface area contributed by atoms with Crippen LogP contribution < -0.4 is 10.1 Å². The monoisotopic (exact) mass is 282 g/mol. The van der Waals surface area contributed by atoms with Crippen LogP contribution in [0.4, 0.5) is 4.39 Å². The predicted molar refractivity (Wildman–Crippen MR) is 77.2 cm³/mol. The maximum absolute atomic E-state index is 13.9. The summed E-state index contributed by atoms with van der Waals surface area (Å²) in [6, 6.07) is 4.78. The van der Waals surface area contributed by atoms with Crippen molar-refractivity contribution in [2.75, 3.05) is 20.6 Å². The fourth-order valence-electron chi connectivity index (χ4n) is 1.82. The molecular formula is C15H23FN2O2. The van der Waals surface area contributed by atoms with Crippen LogP contribution in [0.3, 0.4) is 0 Å². The van der Waals surface area contributed by atoms with Crippen molar-refractivity contribution in [2.24, 2.45) is 0 Å². The first-order valence-corrected chi connectivity index (χ1v) is 6.83. The number of nitrogens with one attached hydrogen (secondary N) is 1.